The van der Waals surface area contributed by atoms with Gasteiger partial charge in [0.2, 0.25) is 11.8 Å². The maximum atomic E-state index is 14.2. The molecular formula is C56H66N11O11P. The number of hydrogen-bond donors (Lipinski definition) is 4. The van der Waals surface area contributed by atoms with Gasteiger partial charge in [0, 0.05) is 99.2 Å². The van der Waals surface area contributed by atoms with E-state index in [1.165, 1.54) is 11.3 Å². The lowest BCUT2D eigenvalue weighted by atomic mass is 9.89. The third-order valence-electron chi connectivity index (χ3n) is 16.4. The first-order valence-corrected chi connectivity index (χ1v) is 28.4. The highest BCUT2D eigenvalue weighted by atomic mass is 31.2. The molecule has 0 saturated carbocycles. The maximum absolute atomic E-state index is 14.2. The predicted molar refractivity (Wildman–Crippen MR) is 292 cm³/mol. The molecule has 0 spiro atoms. The summed E-state index contributed by atoms with van der Waals surface area (Å²) in [6.07, 6.45) is 6.89. The van der Waals surface area contributed by atoms with Crippen LogP contribution in [0, 0.1) is 5.41 Å². The molecule has 416 valence electrons. The second kappa shape index (κ2) is 20.2. The van der Waals surface area contributed by atoms with Crippen LogP contribution in [0.25, 0.3) is 11.1 Å². The zero-order valence-corrected chi connectivity index (χ0v) is 46.3. The SMILES string of the molecule is COc1ncc(-c2ccnc(N3CCn4c(cc5c4CC(C)(C)C5)C3=O)c2C(C)(C)O)cc1Nc1ccc(N2CCN(C3CCN(c4ccc5c(c4)C(=O)N([C@H]4CCC(=O)N(C(C)OP(=O)(O)O)C4=O)C5=O)CC3)C[C@@H]2C)cn1. The first-order chi connectivity index (χ1) is 37.5. The third-order valence-corrected chi connectivity index (χ3v) is 17.0. The van der Waals surface area contributed by atoms with E-state index in [9.17, 15) is 43.4 Å². The Morgan fingerprint density at radius 2 is 1.57 bits per heavy atom. The first-order valence-electron chi connectivity index (χ1n) is 26.9. The molecule has 6 aliphatic rings. The average Bonchev–Trinajstić information content (AvgIpc) is 4.23. The normalized spacial score (nSPS) is 21.4. The molecule has 3 atom stereocenters. The van der Waals surface area contributed by atoms with E-state index in [-0.39, 0.29) is 41.3 Å². The molecule has 4 aromatic heterocycles. The van der Waals surface area contributed by atoms with Gasteiger partial charge in [0.1, 0.15) is 35.3 Å². The number of aromatic nitrogens is 4. The number of aliphatic hydroxyl groups is 1. The fraction of sp³-hybridized carbons (Fsp3) is 0.464. The zero-order valence-electron chi connectivity index (χ0n) is 45.4. The highest BCUT2D eigenvalue weighted by Gasteiger charge is 2.49. The summed E-state index contributed by atoms with van der Waals surface area (Å²) in [7, 11) is -3.51. The van der Waals surface area contributed by atoms with E-state index >= 15 is 0 Å². The molecule has 1 aliphatic carbocycles. The van der Waals surface area contributed by atoms with Gasteiger partial charge in [-0.15, -0.1) is 0 Å². The molecule has 4 N–H and O–H groups in total. The molecule has 1 aromatic carbocycles. The van der Waals surface area contributed by atoms with Crippen LogP contribution in [0.1, 0.15) is 115 Å². The summed E-state index contributed by atoms with van der Waals surface area (Å²) >= 11 is 0. The van der Waals surface area contributed by atoms with E-state index in [4.69, 9.17) is 14.7 Å². The minimum atomic E-state index is -5.06. The summed E-state index contributed by atoms with van der Waals surface area (Å²) in [5.74, 6) is -1.80. The molecule has 5 aromatic rings. The Kier molecular flexibility index (Phi) is 13.8. The van der Waals surface area contributed by atoms with Crippen molar-refractivity contribution in [1.29, 1.82) is 0 Å². The molecule has 11 rings (SSSR count). The molecule has 0 bridgehead atoms. The van der Waals surface area contributed by atoms with E-state index < -0.39 is 49.3 Å². The molecule has 79 heavy (non-hydrogen) atoms. The van der Waals surface area contributed by atoms with Crippen molar-refractivity contribution < 1.29 is 52.7 Å². The highest BCUT2D eigenvalue weighted by molar-refractivity contribution is 7.46. The number of benzene rings is 1. The molecule has 5 aliphatic heterocycles. The number of likely N-dealkylation sites (tertiary alicyclic amines) is 1. The lowest BCUT2D eigenvalue weighted by Gasteiger charge is -2.46. The van der Waals surface area contributed by atoms with Gasteiger partial charge in [-0.25, -0.2) is 19.5 Å². The van der Waals surface area contributed by atoms with Gasteiger partial charge in [-0.1, -0.05) is 13.8 Å². The van der Waals surface area contributed by atoms with Gasteiger partial charge in [-0.3, -0.25) is 48.1 Å². The number of pyridine rings is 3. The number of phosphoric ester groups is 1. The summed E-state index contributed by atoms with van der Waals surface area (Å²) < 4.78 is 24.0. The van der Waals surface area contributed by atoms with E-state index in [2.05, 4.69) is 60.9 Å². The van der Waals surface area contributed by atoms with Gasteiger partial charge in [0.25, 0.3) is 23.6 Å². The van der Waals surface area contributed by atoms with Gasteiger partial charge < -0.3 is 39.3 Å². The maximum Gasteiger partial charge on any atom is 0.471 e. The van der Waals surface area contributed by atoms with Crippen LogP contribution in [-0.2, 0) is 43.7 Å². The van der Waals surface area contributed by atoms with Crippen molar-refractivity contribution in [3.8, 4) is 17.0 Å². The molecule has 5 amide bonds. The molecule has 9 heterocycles. The van der Waals surface area contributed by atoms with Crippen LogP contribution in [0.3, 0.4) is 0 Å². The number of rotatable bonds is 13. The number of carbonyl (C=O) groups is 5. The largest absolute Gasteiger partial charge is 0.480 e. The van der Waals surface area contributed by atoms with E-state index in [1.54, 1.807) is 56.4 Å². The minimum Gasteiger partial charge on any atom is -0.480 e. The Morgan fingerprint density at radius 3 is 2.27 bits per heavy atom. The molecule has 1 unspecified atom stereocenters. The topological polar surface area (TPSA) is 257 Å². The number of anilines is 5. The number of nitrogens with zero attached hydrogens (tertiary/aromatic N) is 10. The summed E-state index contributed by atoms with van der Waals surface area (Å²) in [5, 5.41) is 15.2. The predicted octanol–water partition coefficient (Wildman–Crippen LogP) is 5.85. The summed E-state index contributed by atoms with van der Waals surface area (Å²) in [4.78, 5) is 111. The number of imide groups is 2. The second-order valence-electron chi connectivity index (χ2n) is 22.9. The van der Waals surface area contributed by atoms with Crippen molar-refractivity contribution in [3.63, 3.8) is 0 Å². The third kappa shape index (κ3) is 10.1. The summed E-state index contributed by atoms with van der Waals surface area (Å²) in [6, 6.07) is 14.0. The van der Waals surface area contributed by atoms with Gasteiger partial charge >= 0.3 is 7.82 Å². The number of hydrogen-bond acceptors (Lipinski definition) is 16. The van der Waals surface area contributed by atoms with Crippen LogP contribution in [0.2, 0.25) is 0 Å². The molecule has 0 radical (unpaired) electrons. The second-order valence-corrected chi connectivity index (χ2v) is 24.1. The lowest BCUT2D eigenvalue weighted by molar-refractivity contribution is -0.161. The Hall–Kier alpha value is -7.07. The number of carbonyl (C=O) groups excluding carboxylic acids is 5. The standard InChI is InChI=1S/C56H66N11O11P/c1-32-31-62(36-15-18-61(19-16-36)37-8-10-40-41(26-37)52(70)67(51(40)69)43-11-13-47(68)66(54(43)72)33(2)78-79(74,75)76)20-21-63(32)38-9-12-46(58-30-38)60-42-24-35(29-59-50(42)77-7)39-14-17-57-49(48(39)56(5,6)73)65-23-22-64-44(53(65)71)25-34-27-55(3,4)28-45(34)64/h8-10,12,14,17,24-26,29-30,32-33,36,43,73H,11,13,15-16,18-23,27-28,31H2,1-7H3,(H,58,60)(H2,74,75,76)/t32-,33?,43-/m0/s1. The van der Waals surface area contributed by atoms with Crippen LogP contribution in [0.4, 0.5) is 28.7 Å². The number of ether oxygens (including phenoxy) is 1. The highest BCUT2D eigenvalue weighted by Crippen LogP contribution is 2.44. The molecule has 22 nitrogen and oxygen atoms in total. The minimum absolute atomic E-state index is 0.119. The number of amides is 5. The van der Waals surface area contributed by atoms with E-state index in [0.29, 0.717) is 69.6 Å². The van der Waals surface area contributed by atoms with Crippen LogP contribution in [0.5, 0.6) is 5.88 Å². The number of piperidine rings is 2. The summed E-state index contributed by atoms with van der Waals surface area (Å²) in [6.45, 7) is 16.3. The molecular weight excluding hydrogens is 1030 g/mol. The molecule has 23 heteroatoms. The Labute approximate surface area is 457 Å². The quantitative estimate of drug-likeness (QED) is 0.0796. The van der Waals surface area contributed by atoms with E-state index in [0.717, 1.165) is 81.6 Å². The Balaban J connectivity index is 0.715. The number of fused-ring (bicyclic) bond motifs is 4. The van der Waals surface area contributed by atoms with Crippen LogP contribution < -0.4 is 24.8 Å². The average molecular weight is 1100 g/mol. The fourth-order valence-corrected chi connectivity index (χ4v) is 13.3. The monoisotopic (exact) mass is 1100 g/mol. The van der Waals surface area contributed by atoms with E-state index in [1.807, 2.05) is 30.5 Å². The number of phosphoric acid groups is 1. The Morgan fingerprint density at radius 1 is 0.823 bits per heavy atom. The Bertz CT molecular complexity index is 3350. The molecule has 3 fully saturated rings. The van der Waals surface area contributed by atoms with Crippen molar-refractivity contribution in [3.05, 3.63) is 101 Å². The van der Waals surface area contributed by atoms with Crippen LogP contribution >= 0.6 is 7.82 Å². The van der Waals surface area contributed by atoms with Crippen LogP contribution in [0.15, 0.2) is 67.1 Å². The van der Waals surface area contributed by atoms with Crippen LogP contribution in [-0.4, -0.2) is 149 Å². The van der Waals surface area contributed by atoms with Gasteiger partial charge in [-0.2, -0.15) is 0 Å². The fourth-order valence-electron chi connectivity index (χ4n) is 12.8. The zero-order chi connectivity index (χ0) is 56.0. The number of methoxy groups -OCH3 is 1. The number of piperazine rings is 1. The van der Waals surface area contributed by atoms with Gasteiger partial charge in [-0.05, 0) is 125 Å². The van der Waals surface area contributed by atoms with Gasteiger partial charge in [0.05, 0.1) is 35.7 Å². The molecule has 3 saturated heterocycles. The smallest absolute Gasteiger partial charge is 0.471 e. The van der Waals surface area contributed by atoms with Crippen molar-refractivity contribution in [2.24, 2.45) is 5.41 Å². The first kappa shape index (κ1) is 53.9. The van der Waals surface area contributed by atoms with Crippen molar-refractivity contribution in [2.45, 2.75) is 117 Å². The lowest BCUT2D eigenvalue weighted by Crippen LogP contribution is -2.58. The van der Waals surface area contributed by atoms with Crippen molar-refractivity contribution in [1.82, 2.24) is 34.2 Å². The van der Waals surface area contributed by atoms with Gasteiger partial charge in [0.15, 0.2) is 0 Å². The van der Waals surface area contributed by atoms with Crippen molar-refractivity contribution in [2.75, 3.05) is 66.4 Å². The van der Waals surface area contributed by atoms with Crippen molar-refractivity contribution >= 4 is 66.1 Å². The summed E-state index contributed by atoms with van der Waals surface area (Å²) in [5.41, 5.74) is 6.42. The number of nitrogens with one attached hydrogen (secondary N) is 1.